The van der Waals surface area contributed by atoms with E-state index in [-0.39, 0.29) is 35.9 Å². The van der Waals surface area contributed by atoms with Crippen molar-refractivity contribution in [2.24, 2.45) is 5.92 Å². The molecule has 2 aromatic rings. The van der Waals surface area contributed by atoms with E-state index in [0.29, 0.717) is 18.6 Å². The minimum absolute atomic E-state index is 0.0980. The standard InChI is InChI=1S/C33H45NO5Si/c1-24(2)29-23-38-32(37)34(29)31(36)26(4)20-21-30(35)25(3)15-14-22-39-40(33(5,6)7,27-16-10-8-11-17-27)28-18-12-9-13-19-28/h8-13,15-20,24,29-30,35H,14,21-23H2,1-7H3/b25-15+,26-20+/t29-,30+/m0/s1. The number of ether oxygens (including phenoxy) is 1. The summed E-state index contributed by atoms with van der Waals surface area (Å²) in [6.07, 6.45) is 3.32. The zero-order valence-electron chi connectivity index (χ0n) is 25.0. The molecule has 0 aliphatic carbocycles. The summed E-state index contributed by atoms with van der Waals surface area (Å²) >= 11 is 0. The second kappa shape index (κ2) is 13.6. The Balaban J connectivity index is 1.68. The second-order valence-electron chi connectivity index (χ2n) is 12.0. The normalized spacial score (nSPS) is 17.8. The number of benzene rings is 2. The maximum absolute atomic E-state index is 12.9. The van der Waals surface area contributed by atoms with Crippen molar-refractivity contribution in [3.63, 3.8) is 0 Å². The van der Waals surface area contributed by atoms with Gasteiger partial charge in [0.15, 0.2) is 0 Å². The van der Waals surface area contributed by atoms with Crippen LogP contribution in [0.3, 0.4) is 0 Å². The Morgan fingerprint density at radius 1 is 1.05 bits per heavy atom. The van der Waals surface area contributed by atoms with E-state index >= 15 is 0 Å². The summed E-state index contributed by atoms with van der Waals surface area (Å²) in [4.78, 5) is 26.3. The van der Waals surface area contributed by atoms with Gasteiger partial charge in [0.1, 0.15) is 6.61 Å². The summed E-state index contributed by atoms with van der Waals surface area (Å²) < 4.78 is 12.0. The number of imide groups is 1. The van der Waals surface area contributed by atoms with Gasteiger partial charge in [-0.3, -0.25) is 4.79 Å². The van der Waals surface area contributed by atoms with Gasteiger partial charge in [-0.15, -0.1) is 0 Å². The topological polar surface area (TPSA) is 76.1 Å². The molecule has 0 spiro atoms. The van der Waals surface area contributed by atoms with E-state index in [9.17, 15) is 14.7 Å². The first-order valence-electron chi connectivity index (χ1n) is 14.2. The molecule has 2 aromatic carbocycles. The highest BCUT2D eigenvalue weighted by Gasteiger charge is 2.50. The van der Waals surface area contributed by atoms with Crippen LogP contribution in [0, 0.1) is 5.92 Å². The summed E-state index contributed by atoms with van der Waals surface area (Å²) in [6.45, 7) is 15.0. The maximum Gasteiger partial charge on any atom is 0.417 e. The van der Waals surface area contributed by atoms with E-state index in [1.165, 1.54) is 15.3 Å². The minimum Gasteiger partial charge on any atom is -0.447 e. The molecule has 1 fully saturated rings. The van der Waals surface area contributed by atoms with Crippen LogP contribution in [0.4, 0.5) is 4.79 Å². The number of rotatable bonds is 11. The number of cyclic esters (lactones) is 1. The molecular formula is C33H45NO5Si. The van der Waals surface area contributed by atoms with Crippen molar-refractivity contribution in [1.29, 1.82) is 0 Å². The number of carbonyl (C=O) groups is 2. The van der Waals surface area contributed by atoms with Crippen molar-refractivity contribution in [2.75, 3.05) is 13.2 Å². The number of aliphatic hydroxyl groups excluding tert-OH is 1. The largest absolute Gasteiger partial charge is 0.447 e. The monoisotopic (exact) mass is 563 g/mol. The van der Waals surface area contributed by atoms with Crippen molar-refractivity contribution >= 4 is 30.7 Å². The van der Waals surface area contributed by atoms with Gasteiger partial charge in [0, 0.05) is 12.2 Å². The van der Waals surface area contributed by atoms with E-state index in [4.69, 9.17) is 9.16 Å². The highest BCUT2D eigenvalue weighted by molar-refractivity contribution is 6.99. The van der Waals surface area contributed by atoms with Crippen molar-refractivity contribution in [3.8, 4) is 0 Å². The second-order valence-corrected chi connectivity index (χ2v) is 16.3. The van der Waals surface area contributed by atoms with Crippen molar-refractivity contribution < 1.29 is 23.9 Å². The molecular weight excluding hydrogens is 518 g/mol. The van der Waals surface area contributed by atoms with Crippen LogP contribution in [-0.4, -0.2) is 55.7 Å². The van der Waals surface area contributed by atoms with Crippen LogP contribution in [0.1, 0.15) is 61.3 Å². The van der Waals surface area contributed by atoms with Crippen molar-refractivity contribution in [2.45, 2.75) is 78.5 Å². The van der Waals surface area contributed by atoms with E-state index in [1.807, 2.05) is 39.0 Å². The third-order valence-corrected chi connectivity index (χ3v) is 12.8. The van der Waals surface area contributed by atoms with E-state index in [0.717, 1.165) is 5.57 Å². The summed E-state index contributed by atoms with van der Waals surface area (Å²) in [5, 5.41) is 13.2. The molecule has 1 N–H and O–H groups in total. The number of carbonyl (C=O) groups excluding carboxylic acids is 2. The Morgan fingerprint density at radius 3 is 2.10 bits per heavy atom. The Morgan fingerprint density at radius 2 is 1.60 bits per heavy atom. The van der Waals surface area contributed by atoms with Crippen LogP contribution in [-0.2, 0) is 14.0 Å². The fraction of sp³-hybridized carbons (Fsp3) is 0.455. The zero-order chi connectivity index (χ0) is 29.5. The molecule has 40 heavy (non-hydrogen) atoms. The minimum atomic E-state index is -2.60. The molecule has 0 aromatic heterocycles. The van der Waals surface area contributed by atoms with Gasteiger partial charge in [0.05, 0.1) is 12.1 Å². The first kappa shape index (κ1) is 31.5. The molecule has 1 heterocycles. The van der Waals surface area contributed by atoms with Gasteiger partial charge < -0.3 is 14.3 Å². The molecule has 1 saturated heterocycles. The molecule has 7 heteroatoms. The molecule has 1 aliphatic heterocycles. The van der Waals surface area contributed by atoms with Crippen LogP contribution in [0.2, 0.25) is 5.04 Å². The average molecular weight is 564 g/mol. The fourth-order valence-corrected chi connectivity index (χ4v) is 9.89. The summed E-state index contributed by atoms with van der Waals surface area (Å²) in [7, 11) is -2.60. The maximum atomic E-state index is 12.9. The molecule has 0 unspecified atom stereocenters. The molecule has 3 rings (SSSR count). The van der Waals surface area contributed by atoms with Gasteiger partial charge >= 0.3 is 6.09 Å². The van der Waals surface area contributed by atoms with Gasteiger partial charge in [-0.25, -0.2) is 9.69 Å². The molecule has 216 valence electrons. The van der Waals surface area contributed by atoms with Crippen LogP contribution in [0.25, 0.3) is 0 Å². The van der Waals surface area contributed by atoms with Gasteiger partial charge in [0.2, 0.25) is 0 Å². The number of aliphatic hydroxyl groups is 1. The predicted octanol–water partition coefficient (Wildman–Crippen LogP) is 5.60. The first-order chi connectivity index (χ1) is 18.9. The van der Waals surface area contributed by atoms with Gasteiger partial charge in [-0.05, 0) is 53.6 Å². The number of nitrogens with zero attached hydrogens (tertiary/aromatic N) is 1. The predicted molar refractivity (Wildman–Crippen MR) is 163 cm³/mol. The van der Waals surface area contributed by atoms with E-state index in [2.05, 4.69) is 69.3 Å². The van der Waals surface area contributed by atoms with Crippen LogP contribution in [0.15, 0.2) is 84.0 Å². The first-order valence-corrected chi connectivity index (χ1v) is 16.1. The lowest BCUT2D eigenvalue weighted by atomic mass is 10.0. The number of hydrogen-bond donors (Lipinski definition) is 1. The van der Waals surface area contributed by atoms with Gasteiger partial charge in [0.25, 0.3) is 14.2 Å². The molecule has 2 atom stereocenters. The summed E-state index contributed by atoms with van der Waals surface area (Å²) in [5.74, 6) is -0.265. The Bertz CT molecular complexity index is 1160. The number of amides is 2. The third-order valence-electron chi connectivity index (χ3n) is 7.72. The molecule has 1 aliphatic rings. The molecule has 0 radical (unpaired) electrons. The lowest BCUT2D eigenvalue weighted by Crippen LogP contribution is -2.66. The van der Waals surface area contributed by atoms with E-state index in [1.54, 1.807) is 13.0 Å². The van der Waals surface area contributed by atoms with Gasteiger partial charge in [-0.2, -0.15) is 0 Å². The summed E-state index contributed by atoms with van der Waals surface area (Å²) in [6, 6.07) is 20.8. The quantitative estimate of drug-likeness (QED) is 0.167. The van der Waals surface area contributed by atoms with E-state index < -0.39 is 20.5 Å². The van der Waals surface area contributed by atoms with Crippen LogP contribution in [0.5, 0.6) is 0 Å². The highest BCUT2D eigenvalue weighted by atomic mass is 28.4. The van der Waals surface area contributed by atoms with Crippen LogP contribution < -0.4 is 10.4 Å². The zero-order valence-corrected chi connectivity index (χ0v) is 26.0. The Kier molecular flexibility index (Phi) is 10.7. The van der Waals surface area contributed by atoms with Crippen molar-refractivity contribution in [1.82, 2.24) is 4.90 Å². The fourth-order valence-electron chi connectivity index (χ4n) is 5.31. The SMILES string of the molecule is C/C(=C\C[C@@H](O)/C(C)=C/CCO[Si](c1ccccc1)(c1ccccc1)C(C)(C)C)C(=O)N1C(=O)OC[C@H]1C(C)C. The molecule has 2 amide bonds. The lowest BCUT2D eigenvalue weighted by Gasteiger charge is -2.43. The summed E-state index contributed by atoms with van der Waals surface area (Å²) in [5.41, 5.74) is 1.24. The average Bonchev–Trinajstić information content (AvgIpc) is 3.32. The Hall–Kier alpha value is -3.00. The molecule has 6 nitrogen and oxygen atoms in total. The lowest BCUT2D eigenvalue weighted by molar-refractivity contribution is -0.125. The molecule has 0 saturated carbocycles. The highest BCUT2D eigenvalue weighted by Crippen LogP contribution is 2.36. The smallest absolute Gasteiger partial charge is 0.417 e. The van der Waals surface area contributed by atoms with Crippen molar-refractivity contribution in [3.05, 3.63) is 84.0 Å². The molecule has 0 bridgehead atoms. The van der Waals surface area contributed by atoms with Crippen LogP contribution >= 0.6 is 0 Å². The number of hydrogen-bond acceptors (Lipinski definition) is 5. The third kappa shape index (κ3) is 7.00. The Labute approximate surface area is 240 Å². The van der Waals surface area contributed by atoms with Gasteiger partial charge in [-0.1, -0.05) is 107 Å².